The lowest BCUT2D eigenvalue weighted by molar-refractivity contribution is -0.384. The molecule has 0 saturated heterocycles. The molecule has 1 aliphatic rings. The number of carbonyl (C=O) groups excluding carboxylic acids is 1. The number of nitrogens with zero attached hydrogens (tertiary/aromatic N) is 2. The number of nitro benzene ring substituents is 1. The first-order chi connectivity index (χ1) is 15.5. The number of fused-ring (bicyclic) bond motifs is 3. The molecule has 4 aromatic rings. The number of ether oxygens (including phenoxy) is 2. The van der Waals surface area contributed by atoms with E-state index in [2.05, 4.69) is 5.32 Å². The lowest BCUT2D eigenvalue weighted by Crippen LogP contribution is -2.22. The Labute approximate surface area is 180 Å². The molecule has 0 spiro atoms. The Morgan fingerprint density at radius 2 is 1.72 bits per heavy atom. The van der Waals surface area contributed by atoms with Crippen molar-refractivity contribution in [3.05, 3.63) is 81.0 Å². The molecular weight excluding hydrogens is 414 g/mol. The minimum atomic E-state index is -0.549. The van der Waals surface area contributed by atoms with Crippen molar-refractivity contribution in [2.45, 2.75) is 6.54 Å². The van der Waals surface area contributed by atoms with Gasteiger partial charge in [-0.1, -0.05) is 12.1 Å². The number of benzene rings is 3. The van der Waals surface area contributed by atoms with Gasteiger partial charge in [0, 0.05) is 29.3 Å². The third kappa shape index (κ3) is 3.39. The molecule has 0 atom stereocenters. The van der Waals surface area contributed by atoms with Gasteiger partial charge in [0.25, 0.3) is 5.69 Å². The summed E-state index contributed by atoms with van der Waals surface area (Å²) in [5, 5.41) is 14.6. The number of hydrogen-bond acceptors (Lipinski definition) is 6. The summed E-state index contributed by atoms with van der Waals surface area (Å²) in [6.07, 6.45) is 0. The van der Waals surface area contributed by atoms with Crippen LogP contribution in [0.3, 0.4) is 0 Å². The Morgan fingerprint density at radius 3 is 2.53 bits per heavy atom. The van der Waals surface area contributed by atoms with Gasteiger partial charge >= 0.3 is 0 Å². The molecule has 1 aromatic heterocycles. The normalized spacial score (nSPS) is 12.6. The van der Waals surface area contributed by atoms with Crippen LogP contribution in [0.15, 0.2) is 65.5 Å². The fourth-order valence-corrected chi connectivity index (χ4v) is 3.87. The van der Waals surface area contributed by atoms with Crippen molar-refractivity contribution in [1.29, 1.82) is 0 Å². The fraction of sp³-hybridized carbons (Fsp3) is 0.130. The molecule has 0 radical (unpaired) electrons. The summed E-state index contributed by atoms with van der Waals surface area (Å²) in [6, 6.07) is 16.1. The van der Waals surface area contributed by atoms with Gasteiger partial charge in [0.15, 0.2) is 16.9 Å². The van der Waals surface area contributed by atoms with Gasteiger partial charge in [0.1, 0.15) is 19.8 Å². The first-order valence-corrected chi connectivity index (χ1v) is 9.90. The molecule has 1 amide bonds. The highest BCUT2D eigenvalue weighted by Gasteiger charge is 2.17. The first-order valence-electron chi connectivity index (χ1n) is 9.90. The Hall–Kier alpha value is -4.40. The highest BCUT2D eigenvalue weighted by Crippen LogP contribution is 2.32. The zero-order chi connectivity index (χ0) is 22.2. The van der Waals surface area contributed by atoms with Crippen LogP contribution in [0.5, 0.6) is 11.5 Å². The lowest BCUT2D eigenvalue weighted by Gasteiger charge is -2.19. The summed E-state index contributed by atoms with van der Waals surface area (Å²) in [6.45, 7) is 0.818. The summed E-state index contributed by atoms with van der Waals surface area (Å²) in [7, 11) is 0. The van der Waals surface area contributed by atoms with E-state index < -0.39 is 4.92 Å². The number of aromatic nitrogens is 1. The summed E-state index contributed by atoms with van der Waals surface area (Å²) in [4.78, 5) is 36.5. The summed E-state index contributed by atoms with van der Waals surface area (Å²) >= 11 is 0. The van der Waals surface area contributed by atoms with Gasteiger partial charge in [-0.2, -0.15) is 0 Å². The first kappa shape index (κ1) is 19.6. The highest BCUT2D eigenvalue weighted by molar-refractivity contribution is 5.97. The molecule has 0 saturated carbocycles. The molecule has 5 rings (SSSR count). The number of rotatable bonds is 4. The second-order valence-electron chi connectivity index (χ2n) is 7.30. The summed E-state index contributed by atoms with van der Waals surface area (Å²) in [5.74, 6) is 0.851. The van der Waals surface area contributed by atoms with E-state index >= 15 is 0 Å². The minimum Gasteiger partial charge on any atom is -0.486 e. The molecule has 0 unspecified atom stereocenters. The predicted octanol–water partition coefficient (Wildman–Crippen LogP) is 3.47. The van der Waals surface area contributed by atoms with Crippen LogP contribution < -0.4 is 20.2 Å². The third-order valence-electron chi connectivity index (χ3n) is 5.29. The molecule has 32 heavy (non-hydrogen) atoms. The molecule has 1 aliphatic heterocycles. The maximum Gasteiger partial charge on any atom is 0.270 e. The number of anilines is 1. The maximum atomic E-state index is 13.0. The zero-order valence-corrected chi connectivity index (χ0v) is 16.7. The van der Waals surface area contributed by atoms with E-state index in [1.165, 1.54) is 18.2 Å². The molecule has 1 N–H and O–H groups in total. The van der Waals surface area contributed by atoms with E-state index in [-0.39, 0.29) is 29.0 Å². The number of hydrogen-bond donors (Lipinski definition) is 1. The lowest BCUT2D eigenvalue weighted by atomic mass is 10.1. The van der Waals surface area contributed by atoms with Gasteiger partial charge in [0.05, 0.1) is 21.3 Å². The van der Waals surface area contributed by atoms with E-state index in [1.807, 2.05) is 0 Å². The van der Waals surface area contributed by atoms with Crippen LogP contribution >= 0.6 is 0 Å². The third-order valence-corrected chi connectivity index (χ3v) is 5.29. The summed E-state index contributed by atoms with van der Waals surface area (Å²) in [5.41, 5.74) is 1.05. The van der Waals surface area contributed by atoms with Crippen molar-refractivity contribution in [3.8, 4) is 11.5 Å². The summed E-state index contributed by atoms with van der Waals surface area (Å²) < 4.78 is 12.7. The van der Waals surface area contributed by atoms with Gasteiger partial charge in [0.2, 0.25) is 5.91 Å². The topological polar surface area (TPSA) is 113 Å². The number of para-hydroxylation sites is 1. The number of amides is 1. The monoisotopic (exact) mass is 431 g/mol. The van der Waals surface area contributed by atoms with E-state index in [0.717, 1.165) is 0 Å². The number of nitrogens with one attached hydrogen (secondary N) is 1. The molecule has 3 aromatic carbocycles. The molecule has 9 nitrogen and oxygen atoms in total. The second kappa shape index (κ2) is 7.69. The van der Waals surface area contributed by atoms with E-state index in [9.17, 15) is 19.7 Å². The van der Waals surface area contributed by atoms with E-state index in [1.54, 1.807) is 47.0 Å². The van der Waals surface area contributed by atoms with Crippen LogP contribution in [-0.2, 0) is 11.3 Å². The largest absolute Gasteiger partial charge is 0.486 e. The average molecular weight is 431 g/mol. The Morgan fingerprint density at radius 1 is 0.969 bits per heavy atom. The SMILES string of the molecule is O=C(Cn1c2ccccc2c(=O)c2cc([N+](=O)[O-])ccc21)Nc1ccc2c(c1)OCCO2. The van der Waals surface area contributed by atoms with E-state index in [0.29, 0.717) is 46.8 Å². The van der Waals surface area contributed by atoms with E-state index in [4.69, 9.17) is 9.47 Å². The molecule has 160 valence electrons. The Bertz CT molecular complexity index is 1460. The van der Waals surface area contributed by atoms with Crippen LogP contribution in [0, 0.1) is 10.1 Å². The predicted molar refractivity (Wildman–Crippen MR) is 118 cm³/mol. The number of nitro groups is 1. The highest BCUT2D eigenvalue weighted by atomic mass is 16.6. The van der Waals surface area contributed by atoms with Gasteiger partial charge < -0.3 is 19.4 Å². The standard InChI is InChI=1S/C23H17N3O6/c27-22(24-14-5-8-20-21(11-14)32-10-9-31-20)13-25-18-4-2-1-3-16(18)23(28)17-12-15(26(29)30)6-7-19(17)25/h1-8,11-12H,9-10,13H2,(H,24,27). The van der Waals surface area contributed by atoms with Crippen LogP contribution in [0.2, 0.25) is 0 Å². The second-order valence-corrected chi connectivity index (χ2v) is 7.30. The van der Waals surface area contributed by atoms with Crippen LogP contribution in [0.4, 0.5) is 11.4 Å². The minimum absolute atomic E-state index is 0.0937. The molecule has 2 heterocycles. The van der Waals surface area contributed by atoms with Crippen molar-refractivity contribution in [2.75, 3.05) is 18.5 Å². The van der Waals surface area contributed by atoms with Gasteiger partial charge in [-0.25, -0.2) is 0 Å². The molecule has 0 aliphatic carbocycles. The average Bonchev–Trinajstić information content (AvgIpc) is 2.81. The van der Waals surface area contributed by atoms with Crippen molar-refractivity contribution >= 4 is 39.1 Å². The zero-order valence-electron chi connectivity index (χ0n) is 16.7. The Kier molecular flexibility index (Phi) is 4.70. The Balaban J connectivity index is 1.55. The van der Waals surface area contributed by atoms with Gasteiger partial charge in [-0.3, -0.25) is 19.7 Å². The van der Waals surface area contributed by atoms with Crippen molar-refractivity contribution < 1.29 is 19.2 Å². The fourth-order valence-electron chi connectivity index (χ4n) is 3.87. The van der Waals surface area contributed by atoms with Crippen molar-refractivity contribution in [1.82, 2.24) is 4.57 Å². The number of pyridine rings is 1. The van der Waals surface area contributed by atoms with Crippen LogP contribution in [0.25, 0.3) is 21.8 Å². The van der Waals surface area contributed by atoms with Crippen LogP contribution in [0.1, 0.15) is 0 Å². The van der Waals surface area contributed by atoms with Gasteiger partial charge in [-0.05, 0) is 30.3 Å². The number of non-ortho nitro benzene ring substituents is 1. The smallest absolute Gasteiger partial charge is 0.270 e. The molecule has 0 fully saturated rings. The van der Waals surface area contributed by atoms with Gasteiger partial charge in [-0.15, -0.1) is 0 Å². The maximum absolute atomic E-state index is 13.0. The quantitative estimate of drug-likeness (QED) is 0.301. The molecular formula is C23H17N3O6. The molecule has 0 bridgehead atoms. The van der Waals surface area contributed by atoms with Crippen LogP contribution in [-0.4, -0.2) is 28.6 Å². The van der Waals surface area contributed by atoms with Crippen molar-refractivity contribution in [2.24, 2.45) is 0 Å². The molecule has 9 heteroatoms. The number of carbonyl (C=O) groups is 1. The van der Waals surface area contributed by atoms with Crippen molar-refractivity contribution in [3.63, 3.8) is 0 Å².